The fraction of sp³-hybridized carbons (Fsp3) is 0.517. The normalized spacial score (nSPS) is 17.3. The van der Waals surface area contributed by atoms with Crippen molar-refractivity contribution in [3.05, 3.63) is 72.5 Å². The van der Waals surface area contributed by atoms with E-state index in [9.17, 15) is 21.6 Å². The zero-order valence-corrected chi connectivity index (χ0v) is 29.4. The molecule has 1 unspecified atom stereocenters. The van der Waals surface area contributed by atoms with Gasteiger partial charge in [0.05, 0.1) is 5.76 Å². The number of hydrogen-bond acceptors (Lipinski definition) is 5. The van der Waals surface area contributed by atoms with Gasteiger partial charge in [-0.25, -0.2) is 0 Å². The molecule has 41 heavy (non-hydrogen) atoms. The molecule has 0 radical (unpaired) electrons. The van der Waals surface area contributed by atoms with Crippen molar-refractivity contribution in [2.24, 2.45) is 0 Å². The van der Waals surface area contributed by atoms with Crippen LogP contribution < -0.4 is 10.4 Å². The van der Waals surface area contributed by atoms with E-state index in [1.165, 1.54) is 35.8 Å². The summed E-state index contributed by atoms with van der Waals surface area (Å²) >= 11 is 0. The van der Waals surface area contributed by atoms with Crippen molar-refractivity contribution in [2.75, 3.05) is 0 Å². The fourth-order valence-electron chi connectivity index (χ4n) is 4.70. The Bertz CT molecular complexity index is 1210. The summed E-state index contributed by atoms with van der Waals surface area (Å²) in [5.74, 6) is 1.17. The molecule has 1 aliphatic rings. The lowest BCUT2D eigenvalue weighted by atomic mass is 10.0. The quantitative estimate of drug-likeness (QED) is 0.219. The summed E-state index contributed by atoms with van der Waals surface area (Å²) in [6.45, 7) is 17.9. The molecule has 0 heterocycles. The lowest BCUT2D eigenvalue weighted by Gasteiger charge is -2.45. The molecule has 0 saturated heterocycles. The second kappa shape index (κ2) is 13.3. The highest BCUT2D eigenvalue weighted by Gasteiger charge is 2.51. The summed E-state index contributed by atoms with van der Waals surface area (Å²) in [4.78, 5) is 0. The molecule has 2 aromatic carbocycles. The van der Waals surface area contributed by atoms with Gasteiger partial charge in [-0.3, -0.25) is 0 Å². The van der Waals surface area contributed by atoms with Crippen molar-refractivity contribution in [2.45, 2.75) is 96.0 Å². The molecule has 1 aliphatic carbocycles. The minimum absolute atomic E-state index is 0.0223. The molecule has 12 heteroatoms. The smallest absolute Gasteiger partial charge is 0.522 e. The summed E-state index contributed by atoms with van der Waals surface area (Å²) in [7, 11) is -12.1. The zero-order chi connectivity index (χ0) is 31.3. The molecule has 0 fully saturated rings. The Morgan fingerprint density at radius 2 is 1.24 bits per heavy atom. The molecule has 5 nitrogen and oxygen atoms in total. The van der Waals surface area contributed by atoms with Gasteiger partial charge in [0.25, 0.3) is 8.32 Å². The fourth-order valence-corrected chi connectivity index (χ4v) is 13.4. The van der Waals surface area contributed by atoms with Gasteiger partial charge in [0.1, 0.15) is 0 Å². The Morgan fingerprint density at radius 1 is 0.780 bits per heavy atom. The van der Waals surface area contributed by atoms with Crippen LogP contribution in [0.2, 0.25) is 44.3 Å². The Balaban J connectivity index is 0.000000415. The lowest BCUT2D eigenvalue weighted by Crippen LogP contribution is -2.67. The van der Waals surface area contributed by atoms with E-state index in [1.807, 2.05) is 0 Å². The van der Waals surface area contributed by atoms with Gasteiger partial charge in [0.2, 0.25) is 16.6 Å². The Kier molecular flexibility index (Phi) is 11.5. The van der Waals surface area contributed by atoms with E-state index in [1.54, 1.807) is 0 Å². The first kappa shape index (κ1) is 35.5. The molecule has 0 bridgehead atoms. The highest BCUT2D eigenvalue weighted by Crippen LogP contribution is 2.39. The van der Waals surface area contributed by atoms with Crippen molar-refractivity contribution in [1.29, 1.82) is 0 Å². The maximum Gasteiger partial charge on any atom is 0.522 e. The molecule has 0 amide bonds. The molecule has 2 aromatic rings. The van der Waals surface area contributed by atoms with E-state index in [2.05, 4.69) is 111 Å². The molecule has 230 valence electrons. The largest absolute Gasteiger partial charge is 0.548 e. The van der Waals surface area contributed by atoms with Gasteiger partial charge in [-0.05, 0) is 73.6 Å². The Hall–Kier alpha value is -1.71. The van der Waals surface area contributed by atoms with Gasteiger partial charge in [0.15, 0.2) is 0 Å². The van der Waals surface area contributed by atoms with Crippen LogP contribution in [0.3, 0.4) is 0 Å². The predicted molar refractivity (Wildman–Crippen MR) is 168 cm³/mol. The molecule has 0 aliphatic heterocycles. The predicted octanol–water partition coefficient (Wildman–Crippen LogP) is 7.54. The third-order valence-electron chi connectivity index (χ3n) is 6.16. The molecular formula is C29H45F3O5SSi3. The zero-order valence-electron chi connectivity index (χ0n) is 25.6. The van der Waals surface area contributed by atoms with Crippen LogP contribution in [0.15, 0.2) is 72.5 Å². The van der Waals surface area contributed by atoms with E-state index >= 15 is 0 Å². The van der Waals surface area contributed by atoms with Gasteiger partial charge in [-0.2, -0.15) is 21.6 Å². The third-order valence-corrected chi connectivity index (χ3v) is 15.6. The van der Waals surface area contributed by atoms with Gasteiger partial charge in [-0.15, -0.1) is 0 Å². The molecule has 1 atom stereocenters. The first-order chi connectivity index (χ1) is 18.6. The third kappa shape index (κ3) is 10.2. The summed E-state index contributed by atoms with van der Waals surface area (Å²) in [6.07, 6.45) is 5.46. The topological polar surface area (TPSA) is 61.8 Å². The van der Waals surface area contributed by atoms with Crippen LogP contribution in [0.25, 0.3) is 0 Å². The first-order valence-electron chi connectivity index (χ1n) is 13.8. The SMILES string of the molecule is CC(C)(C)[Si](OC1CC=C(O[Si](C)(C)C)CC1)(c1ccccc1)c1ccccc1.C[Si](C)(C)OS(=O)(=O)C(F)(F)F. The first-order valence-corrected chi connectivity index (χ1v) is 23.9. The van der Waals surface area contributed by atoms with E-state index in [0.717, 1.165) is 19.3 Å². The minimum atomic E-state index is -5.39. The maximum atomic E-state index is 11.7. The van der Waals surface area contributed by atoms with Crippen molar-refractivity contribution in [1.82, 2.24) is 0 Å². The second-order valence-corrected chi connectivity index (χ2v) is 28.1. The van der Waals surface area contributed by atoms with Crippen molar-refractivity contribution >= 4 is 45.4 Å². The maximum absolute atomic E-state index is 11.7. The van der Waals surface area contributed by atoms with Crippen LogP contribution >= 0.6 is 0 Å². The van der Waals surface area contributed by atoms with Gasteiger partial charge in [0, 0.05) is 12.5 Å². The number of alkyl halides is 3. The monoisotopic (exact) mass is 646 g/mol. The summed E-state index contributed by atoms with van der Waals surface area (Å²) in [5, 5.41) is 2.73. The summed E-state index contributed by atoms with van der Waals surface area (Å²) in [6, 6.07) is 21.9. The number of allylic oxidation sites excluding steroid dienone is 1. The second-order valence-electron chi connectivity index (χ2n) is 13.2. The highest BCUT2D eigenvalue weighted by atomic mass is 32.2. The van der Waals surface area contributed by atoms with Crippen LogP contribution in [0.1, 0.15) is 40.0 Å². The molecule has 0 N–H and O–H groups in total. The van der Waals surface area contributed by atoms with Crippen LogP contribution in [0.4, 0.5) is 13.2 Å². The van der Waals surface area contributed by atoms with Gasteiger partial charge in [-0.1, -0.05) is 81.4 Å². The van der Waals surface area contributed by atoms with Crippen LogP contribution in [-0.4, -0.2) is 45.0 Å². The molecular weight excluding hydrogens is 602 g/mol. The highest BCUT2D eigenvalue weighted by molar-refractivity contribution is 7.88. The van der Waals surface area contributed by atoms with Crippen LogP contribution in [-0.2, 0) is 22.8 Å². The average Bonchev–Trinajstić information content (AvgIpc) is 2.81. The number of benzene rings is 2. The Morgan fingerprint density at radius 3 is 1.54 bits per heavy atom. The molecule has 0 aromatic heterocycles. The summed E-state index contributed by atoms with van der Waals surface area (Å²) < 4.78 is 73.2. The minimum Gasteiger partial charge on any atom is -0.548 e. The van der Waals surface area contributed by atoms with Gasteiger partial charge < -0.3 is 12.7 Å². The van der Waals surface area contributed by atoms with E-state index in [4.69, 9.17) is 8.85 Å². The van der Waals surface area contributed by atoms with E-state index < -0.39 is 40.6 Å². The van der Waals surface area contributed by atoms with E-state index in [-0.39, 0.29) is 11.1 Å². The van der Waals surface area contributed by atoms with Crippen LogP contribution in [0, 0.1) is 0 Å². The van der Waals surface area contributed by atoms with Crippen molar-refractivity contribution in [3.63, 3.8) is 0 Å². The van der Waals surface area contributed by atoms with E-state index in [0.29, 0.717) is 0 Å². The van der Waals surface area contributed by atoms with Crippen molar-refractivity contribution in [3.8, 4) is 0 Å². The summed E-state index contributed by atoms with van der Waals surface area (Å²) in [5.41, 5.74) is -5.31. The number of rotatable bonds is 8. The standard InChI is InChI=1S/C25H36O2Si2.C4H9F3O3SSi/c1-25(2,3)29(23-13-9-7-10-14-23,24-15-11-8-12-16-24)27-22-19-17-21(18-20-22)26-28(4,5)6;1-12(2,3)10-11(8,9)4(5,6)7/h7-17,22H,18-20H2,1-6H3;1-3H3. The molecule has 3 rings (SSSR count). The van der Waals surface area contributed by atoms with Crippen molar-refractivity contribution < 1.29 is 34.3 Å². The van der Waals surface area contributed by atoms with Gasteiger partial charge >= 0.3 is 15.6 Å². The Labute approximate surface area is 247 Å². The number of halogens is 3. The lowest BCUT2D eigenvalue weighted by molar-refractivity contribution is -0.0503. The number of hydrogen-bond donors (Lipinski definition) is 0. The average molecular weight is 647 g/mol. The molecule has 0 saturated carbocycles. The molecule has 0 spiro atoms. The van der Waals surface area contributed by atoms with Crippen LogP contribution in [0.5, 0.6) is 0 Å².